The van der Waals surface area contributed by atoms with E-state index in [1.54, 1.807) is 0 Å². The Hall–Kier alpha value is -2.88. The predicted octanol–water partition coefficient (Wildman–Crippen LogP) is 4.05. The number of carbonyl (C=O) groups excluding carboxylic acids is 1. The molecule has 0 fully saturated rings. The van der Waals surface area contributed by atoms with Crippen molar-refractivity contribution >= 4 is 11.6 Å². The molecule has 116 valence electrons. The Morgan fingerprint density at radius 2 is 1.61 bits per heavy atom. The van der Waals surface area contributed by atoms with Gasteiger partial charge in [0.2, 0.25) is 0 Å². The van der Waals surface area contributed by atoms with Crippen molar-refractivity contribution in [1.82, 2.24) is 9.78 Å². The summed E-state index contributed by atoms with van der Waals surface area (Å²) in [6, 6.07) is 17.2. The summed E-state index contributed by atoms with van der Waals surface area (Å²) in [5, 5.41) is 7.35. The van der Waals surface area contributed by atoms with Gasteiger partial charge in [-0.1, -0.05) is 17.7 Å². The quantitative estimate of drug-likeness (QED) is 0.793. The van der Waals surface area contributed by atoms with Crippen molar-refractivity contribution in [3.8, 4) is 5.69 Å². The lowest BCUT2D eigenvalue weighted by atomic mass is 10.1. The summed E-state index contributed by atoms with van der Waals surface area (Å²) in [6.45, 7) is 5.99. The van der Waals surface area contributed by atoms with Crippen LogP contribution in [0, 0.1) is 20.8 Å². The van der Waals surface area contributed by atoms with E-state index in [1.807, 2.05) is 80.1 Å². The minimum Gasteiger partial charge on any atom is -0.322 e. The minimum atomic E-state index is -0.117. The third kappa shape index (κ3) is 3.31. The molecular weight excluding hydrogens is 286 g/mol. The molecule has 3 aromatic rings. The standard InChI is InChI=1S/C19H19N3O/c1-13-4-8-17(9-5-13)20-19(23)16-6-10-18(11-7-16)22-15(3)12-14(2)21-22/h4-12H,1-3H3,(H,20,23). The first kappa shape index (κ1) is 15.0. The second-order valence-corrected chi connectivity index (χ2v) is 5.71. The summed E-state index contributed by atoms with van der Waals surface area (Å²) >= 11 is 0. The van der Waals surface area contributed by atoms with E-state index in [0.717, 1.165) is 28.3 Å². The van der Waals surface area contributed by atoms with Crippen LogP contribution < -0.4 is 5.32 Å². The first-order chi connectivity index (χ1) is 11.0. The minimum absolute atomic E-state index is 0.117. The van der Waals surface area contributed by atoms with Crippen molar-refractivity contribution in [2.45, 2.75) is 20.8 Å². The summed E-state index contributed by atoms with van der Waals surface area (Å²) in [6.07, 6.45) is 0. The van der Waals surface area contributed by atoms with Crippen molar-refractivity contribution in [3.63, 3.8) is 0 Å². The van der Waals surface area contributed by atoms with Crippen LogP contribution in [0.25, 0.3) is 5.69 Å². The summed E-state index contributed by atoms with van der Waals surface area (Å²) in [5.74, 6) is -0.117. The largest absolute Gasteiger partial charge is 0.322 e. The van der Waals surface area contributed by atoms with Gasteiger partial charge in [0.1, 0.15) is 0 Å². The maximum Gasteiger partial charge on any atom is 0.255 e. The number of anilines is 1. The summed E-state index contributed by atoms with van der Waals surface area (Å²) in [4.78, 5) is 12.3. The van der Waals surface area contributed by atoms with E-state index in [0.29, 0.717) is 5.56 Å². The number of rotatable bonds is 3. The van der Waals surface area contributed by atoms with Gasteiger partial charge in [0, 0.05) is 16.9 Å². The number of carbonyl (C=O) groups is 1. The number of aromatic nitrogens is 2. The molecule has 0 unspecified atom stereocenters. The van der Waals surface area contributed by atoms with E-state index in [1.165, 1.54) is 0 Å². The number of hydrogen-bond donors (Lipinski definition) is 1. The zero-order valence-corrected chi connectivity index (χ0v) is 13.5. The second-order valence-electron chi connectivity index (χ2n) is 5.71. The molecule has 0 aliphatic carbocycles. The zero-order valence-electron chi connectivity index (χ0n) is 13.5. The molecule has 23 heavy (non-hydrogen) atoms. The number of aryl methyl sites for hydroxylation is 3. The molecule has 1 aromatic heterocycles. The smallest absolute Gasteiger partial charge is 0.255 e. The van der Waals surface area contributed by atoms with Gasteiger partial charge < -0.3 is 5.32 Å². The van der Waals surface area contributed by atoms with Gasteiger partial charge in [-0.05, 0) is 63.2 Å². The molecule has 0 radical (unpaired) electrons. The van der Waals surface area contributed by atoms with Crippen molar-refractivity contribution in [2.24, 2.45) is 0 Å². The van der Waals surface area contributed by atoms with Crippen LogP contribution in [-0.4, -0.2) is 15.7 Å². The van der Waals surface area contributed by atoms with Gasteiger partial charge in [-0.15, -0.1) is 0 Å². The Morgan fingerprint density at radius 1 is 0.957 bits per heavy atom. The molecule has 3 rings (SSSR count). The third-order valence-electron chi connectivity index (χ3n) is 3.69. The molecule has 1 amide bonds. The maximum atomic E-state index is 12.3. The number of benzene rings is 2. The molecule has 4 nitrogen and oxygen atoms in total. The lowest BCUT2D eigenvalue weighted by molar-refractivity contribution is 0.102. The SMILES string of the molecule is Cc1ccc(NC(=O)c2ccc(-n3nc(C)cc3C)cc2)cc1. The molecule has 0 saturated carbocycles. The van der Waals surface area contributed by atoms with Crippen molar-refractivity contribution in [2.75, 3.05) is 5.32 Å². The van der Waals surface area contributed by atoms with Crippen LogP contribution in [0.2, 0.25) is 0 Å². The van der Waals surface area contributed by atoms with E-state index < -0.39 is 0 Å². The first-order valence-corrected chi connectivity index (χ1v) is 7.55. The van der Waals surface area contributed by atoms with Crippen LogP contribution >= 0.6 is 0 Å². The van der Waals surface area contributed by atoms with Gasteiger partial charge in [-0.25, -0.2) is 4.68 Å². The van der Waals surface area contributed by atoms with Gasteiger partial charge >= 0.3 is 0 Å². The Labute approximate surface area is 135 Å². The molecule has 0 aliphatic rings. The average molecular weight is 305 g/mol. The molecule has 1 N–H and O–H groups in total. The van der Waals surface area contributed by atoms with Crippen LogP contribution in [0.3, 0.4) is 0 Å². The Balaban J connectivity index is 1.77. The fourth-order valence-corrected chi connectivity index (χ4v) is 2.48. The highest BCUT2D eigenvalue weighted by Crippen LogP contribution is 2.15. The molecule has 0 aliphatic heterocycles. The third-order valence-corrected chi connectivity index (χ3v) is 3.69. The molecule has 0 atom stereocenters. The highest BCUT2D eigenvalue weighted by Gasteiger charge is 2.08. The molecule has 1 heterocycles. The van der Waals surface area contributed by atoms with Crippen LogP contribution in [0.5, 0.6) is 0 Å². The van der Waals surface area contributed by atoms with Crippen LogP contribution in [-0.2, 0) is 0 Å². The molecule has 0 bridgehead atoms. The lowest BCUT2D eigenvalue weighted by Gasteiger charge is -2.08. The van der Waals surface area contributed by atoms with E-state index in [2.05, 4.69) is 10.4 Å². The number of nitrogens with one attached hydrogen (secondary N) is 1. The Bertz CT molecular complexity index is 830. The zero-order chi connectivity index (χ0) is 16.4. The summed E-state index contributed by atoms with van der Waals surface area (Å²) in [7, 11) is 0. The van der Waals surface area contributed by atoms with Gasteiger partial charge in [-0.3, -0.25) is 4.79 Å². The molecule has 0 spiro atoms. The van der Waals surface area contributed by atoms with Gasteiger partial charge in [0.25, 0.3) is 5.91 Å². The van der Waals surface area contributed by atoms with Gasteiger partial charge in [0.15, 0.2) is 0 Å². The Kier molecular flexibility index (Phi) is 3.98. The normalized spacial score (nSPS) is 10.6. The molecule has 2 aromatic carbocycles. The average Bonchev–Trinajstić information content (AvgIpc) is 2.88. The van der Waals surface area contributed by atoms with Crippen molar-refractivity contribution < 1.29 is 4.79 Å². The highest BCUT2D eigenvalue weighted by atomic mass is 16.1. The van der Waals surface area contributed by atoms with Gasteiger partial charge in [0.05, 0.1) is 11.4 Å². The summed E-state index contributed by atoms with van der Waals surface area (Å²) in [5.41, 5.74) is 5.57. The van der Waals surface area contributed by atoms with Crippen molar-refractivity contribution in [3.05, 3.63) is 77.1 Å². The number of nitrogens with zero attached hydrogens (tertiary/aromatic N) is 2. The van der Waals surface area contributed by atoms with E-state index in [9.17, 15) is 4.79 Å². The van der Waals surface area contributed by atoms with E-state index in [-0.39, 0.29) is 5.91 Å². The topological polar surface area (TPSA) is 46.9 Å². The van der Waals surface area contributed by atoms with Crippen LogP contribution in [0.4, 0.5) is 5.69 Å². The second kappa shape index (κ2) is 6.08. The molecular formula is C19H19N3O. The molecule has 0 saturated heterocycles. The first-order valence-electron chi connectivity index (χ1n) is 7.55. The number of hydrogen-bond acceptors (Lipinski definition) is 2. The molecule has 4 heteroatoms. The van der Waals surface area contributed by atoms with E-state index >= 15 is 0 Å². The lowest BCUT2D eigenvalue weighted by Crippen LogP contribution is -2.12. The monoisotopic (exact) mass is 305 g/mol. The van der Waals surface area contributed by atoms with Crippen molar-refractivity contribution in [1.29, 1.82) is 0 Å². The predicted molar refractivity (Wildman–Crippen MR) is 92.2 cm³/mol. The van der Waals surface area contributed by atoms with Crippen LogP contribution in [0.1, 0.15) is 27.3 Å². The Morgan fingerprint density at radius 3 is 2.17 bits per heavy atom. The fraction of sp³-hybridized carbons (Fsp3) is 0.158. The fourth-order valence-electron chi connectivity index (χ4n) is 2.48. The maximum absolute atomic E-state index is 12.3. The van der Waals surface area contributed by atoms with Crippen LogP contribution in [0.15, 0.2) is 54.6 Å². The van der Waals surface area contributed by atoms with E-state index in [4.69, 9.17) is 0 Å². The number of amides is 1. The summed E-state index contributed by atoms with van der Waals surface area (Å²) < 4.78 is 1.87. The van der Waals surface area contributed by atoms with Gasteiger partial charge in [-0.2, -0.15) is 5.10 Å². The highest BCUT2D eigenvalue weighted by molar-refractivity contribution is 6.04.